The van der Waals surface area contributed by atoms with Crippen molar-refractivity contribution in [3.05, 3.63) is 59.9 Å². The van der Waals surface area contributed by atoms with Crippen molar-refractivity contribution in [2.24, 2.45) is 0 Å². The molecule has 0 spiro atoms. The molecule has 1 N–H and O–H groups in total. The van der Waals surface area contributed by atoms with Gasteiger partial charge in [0.25, 0.3) is 0 Å². The summed E-state index contributed by atoms with van der Waals surface area (Å²) in [5, 5.41) is 3.33. The molecule has 0 aliphatic carbocycles. The van der Waals surface area contributed by atoms with Crippen molar-refractivity contribution >= 4 is 11.6 Å². The Morgan fingerprint density at radius 2 is 1.72 bits per heavy atom. The van der Waals surface area contributed by atoms with Gasteiger partial charge in [0.1, 0.15) is 0 Å². The highest BCUT2D eigenvalue weighted by molar-refractivity contribution is 5.76. The lowest BCUT2D eigenvalue weighted by atomic mass is 9.87. The lowest BCUT2D eigenvalue weighted by molar-refractivity contribution is -0.129. The van der Waals surface area contributed by atoms with E-state index in [9.17, 15) is 4.79 Å². The number of carbonyl (C=O) groups is 1. The summed E-state index contributed by atoms with van der Waals surface area (Å²) in [6.45, 7) is 7.98. The zero-order valence-corrected chi connectivity index (χ0v) is 15.7. The second-order valence-corrected chi connectivity index (χ2v) is 7.42. The molecule has 0 radical (unpaired) electrons. The maximum Gasteiger partial charge on any atom is 0.224 e. The Morgan fingerprint density at radius 3 is 2.32 bits per heavy atom. The number of aromatic nitrogens is 1. The van der Waals surface area contributed by atoms with Gasteiger partial charge >= 0.3 is 0 Å². The Hall–Kier alpha value is -2.36. The average Bonchev–Trinajstić information content (AvgIpc) is 2.60. The number of amides is 1. The number of anilines is 1. The predicted octanol–water partition coefficient (Wildman–Crippen LogP) is 3.88. The molecule has 134 valence electrons. The minimum absolute atomic E-state index is 0.159. The van der Waals surface area contributed by atoms with Crippen molar-refractivity contribution in [3.63, 3.8) is 0 Å². The summed E-state index contributed by atoms with van der Waals surface area (Å²) in [5.41, 5.74) is 3.73. The monoisotopic (exact) mass is 339 g/mol. The molecular weight excluding hydrogens is 310 g/mol. The van der Waals surface area contributed by atoms with Crippen LogP contribution in [0.5, 0.6) is 0 Å². The van der Waals surface area contributed by atoms with Gasteiger partial charge < -0.3 is 10.2 Å². The van der Waals surface area contributed by atoms with Crippen LogP contribution in [0.25, 0.3) is 0 Å². The Morgan fingerprint density at radius 1 is 1.08 bits per heavy atom. The number of pyridine rings is 1. The molecule has 4 nitrogen and oxygen atoms in total. The number of nitrogens with one attached hydrogen (secondary N) is 1. The van der Waals surface area contributed by atoms with Gasteiger partial charge in [-0.15, -0.1) is 0 Å². The maximum atomic E-state index is 12.2. The SMILES string of the molecule is CN(CCc1ccncc1)C(=O)CCNc1ccc(C(C)(C)C)cc1. The smallest absolute Gasteiger partial charge is 0.224 e. The van der Waals surface area contributed by atoms with Crippen molar-refractivity contribution in [1.29, 1.82) is 0 Å². The van der Waals surface area contributed by atoms with E-state index in [0.717, 1.165) is 18.7 Å². The summed E-state index contributed by atoms with van der Waals surface area (Å²) in [5.74, 6) is 0.160. The second kappa shape index (κ2) is 8.65. The standard InChI is InChI=1S/C21H29N3O/c1-21(2,3)18-5-7-19(8-6-18)23-15-11-20(25)24(4)16-12-17-9-13-22-14-10-17/h5-10,13-14,23H,11-12,15-16H2,1-4H3. The molecule has 0 saturated heterocycles. The lowest BCUT2D eigenvalue weighted by Crippen LogP contribution is -2.30. The van der Waals surface area contributed by atoms with Crippen molar-refractivity contribution in [2.45, 2.75) is 39.0 Å². The number of hydrogen-bond acceptors (Lipinski definition) is 3. The van der Waals surface area contributed by atoms with Crippen LogP contribution in [0.1, 0.15) is 38.3 Å². The fourth-order valence-electron chi connectivity index (χ4n) is 2.56. The molecule has 0 atom stereocenters. The molecule has 1 amide bonds. The van der Waals surface area contributed by atoms with Gasteiger partial charge in [0, 0.05) is 44.6 Å². The third-order valence-electron chi connectivity index (χ3n) is 4.33. The molecule has 0 aliphatic heterocycles. The van der Waals surface area contributed by atoms with Crippen LogP contribution in [0.4, 0.5) is 5.69 Å². The van der Waals surface area contributed by atoms with Crippen LogP contribution in [0.15, 0.2) is 48.8 Å². The molecule has 1 heterocycles. The zero-order chi connectivity index (χ0) is 18.3. The molecular formula is C21H29N3O. The van der Waals surface area contributed by atoms with Gasteiger partial charge in [-0.2, -0.15) is 0 Å². The van der Waals surface area contributed by atoms with Gasteiger partial charge in [-0.1, -0.05) is 32.9 Å². The first kappa shape index (κ1) is 19.0. The first-order chi connectivity index (χ1) is 11.9. The number of hydrogen-bond donors (Lipinski definition) is 1. The molecule has 0 aliphatic rings. The predicted molar refractivity (Wildman–Crippen MR) is 104 cm³/mol. The Bertz CT molecular complexity index is 660. The van der Waals surface area contributed by atoms with Crippen LogP contribution in [0.3, 0.4) is 0 Å². The summed E-state index contributed by atoms with van der Waals surface area (Å²) in [6, 6.07) is 12.4. The minimum Gasteiger partial charge on any atom is -0.385 e. The molecule has 25 heavy (non-hydrogen) atoms. The maximum absolute atomic E-state index is 12.2. The number of benzene rings is 1. The van der Waals surface area contributed by atoms with Gasteiger partial charge in [0.05, 0.1) is 0 Å². The minimum atomic E-state index is 0.159. The highest BCUT2D eigenvalue weighted by Crippen LogP contribution is 2.23. The molecule has 0 unspecified atom stereocenters. The van der Waals surface area contributed by atoms with E-state index in [1.165, 1.54) is 11.1 Å². The first-order valence-electron chi connectivity index (χ1n) is 8.83. The van der Waals surface area contributed by atoms with E-state index in [1.54, 1.807) is 17.3 Å². The van der Waals surface area contributed by atoms with Crippen LogP contribution in [0.2, 0.25) is 0 Å². The largest absolute Gasteiger partial charge is 0.385 e. The highest BCUT2D eigenvalue weighted by atomic mass is 16.2. The van der Waals surface area contributed by atoms with Crippen molar-refractivity contribution in [1.82, 2.24) is 9.88 Å². The van der Waals surface area contributed by atoms with E-state index >= 15 is 0 Å². The molecule has 0 bridgehead atoms. The van der Waals surface area contributed by atoms with E-state index in [1.807, 2.05) is 19.2 Å². The molecule has 1 aromatic heterocycles. The van der Waals surface area contributed by atoms with Crippen molar-refractivity contribution in [2.75, 3.05) is 25.5 Å². The molecule has 4 heteroatoms. The number of rotatable bonds is 7. The van der Waals surface area contributed by atoms with E-state index in [4.69, 9.17) is 0 Å². The van der Waals surface area contributed by atoms with Crippen molar-refractivity contribution in [3.8, 4) is 0 Å². The fourth-order valence-corrected chi connectivity index (χ4v) is 2.56. The Kier molecular flexibility index (Phi) is 6.57. The normalized spacial score (nSPS) is 11.2. The molecule has 2 aromatic rings. The van der Waals surface area contributed by atoms with E-state index < -0.39 is 0 Å². The highest BCUT2D eigenvalue weighted by Gasteiger charge is 2.13. The van der Waals surface area contributed by atoms with Crippen LogP contribution < -0.4 is 5.32 Å². The Balaban J connectivity index is 1.72. The van der Waals surface area contributed by atoms with E-state index in [-0.39, 0.29) is 11.3 Å². The van der Waals surface area contributed by atoms with Gasteiger partial charge in [0.2, 0.25) is 5.91 Å². The summed E-state index contributed by atoms with van der Waals surface area (Å²) in [6.07, 6.45) is 4.92. The van der Waals surface area contributed by atoms with Crippen LogP contribution in [-0.2, 0) is 16.6 Å². The first-order valence-corrected chi connectivity index (χ1v) is 8.83. The number of nitrogens with zero attached hydrogens (tertiary/aromatic N) is 2. The zero-order valence-electron chi connectivity index (χ0n) is 15.7. The summed E-state index contributed by atoms with van der Waals surface area (Å²) in [7, 11) is 1.86. The lowest BCUT2D eigenvalue weighted by Gasteiger charge is -2.20. The molecule has 2 rings (SSSR count). The van der Waals surface area contributed by atoms with Crippen LogP contribution in [0, 0.1) is 0 Å². The number of likely N-dealkylation sites (N-methyl/N-ethyl adjacent to an activating group) is 1. The van der Waals surface area contributed by atoms with E-state index in [2.05, 4.69) is 55.3 Å². The number of carbonyl (C=O) groups excluding carboxylic acids is 1. The summed E-state index contributed by atoms with van der Waals surface area (Å²) >= 11 is 0. The fraction of sp³-hybridized carbons (Fsp3) is 0.429. The average molecular weight is 339 g/mol. The Labute approximate surface area is 151 Å². The molecule has 1 aromatic carbocycles. The summed E-state index contributed by atoms with van der Waals surface area (Å²) < 4.78 is 0. The third kappa shape index (κ3) is 6.22. The third-order valence-corrected chi connectivity index (χ3v) is 4.33. The van der Waals surface area contributed by atoms with Crippen LogP contribution >= 0.6 is 0 Å². The van der Waals surface area contributed by atoms with Gasteiger partial charge in [-0.3, -0.25) is 9.78 Å². The van der Waals surface area contributed by atoms with Gasteiger partial charge in [0.15, 0.2) is 0 Å². The second-order valence-electron chi connectivity index (χ2n) is 7.42. The van der Waals surface area contributed by atoms with Gasteiger partial charge in [-0.25, -0.2) is 0 Å². The summed E-state index contributed by atoms with van der Waals surface area (Å²) in [4.78, 5) is 18.0. The van der Waals surface area contributed by atoms with Crippen molar-refractivity contribution < 1.29 is 4.79 Å². The molecule has 0 saturated carbocycles. The molecule has 0 fully saturated rings. The van der Waals surface area contributed by atoms with E-state index in [0.29, 0.717) is 13.0 Å². The van der Waals surface area contributed by atoms with Gasteiger partial charge in [-0.05, 0) is 47.2 Å². The topological polar surface area (TPSA) is 45.2 Å². The van der Waals surface area contributed by atoms with Crippen LogP contribution in [-0.4, -0.2) is 35.9 Å². The quantitative estimate of drug-likeness (QED) is 0.832.